The van der Waals surface area contributed by atoms with Gasteiger partial charge in [0.15, 0.2) is 0 Å². The lowest BCUT2D eigenvalue weighted by Gasteiger charge is -2.19. The van der Waals surface area contributed by atoms with E-state index in [9.17, 15) is 8.42 Å². The quantitative estimate of drug-likeness (QED) is 0.758. The van der Waals surface area contributed by atoms with Crippen molar-refractivity contribution in [2.45, 2.75) is 64.6 Å². The summed E-state index contributed by atoms with van der Waals surface area (Å²) in [6, 6.07) is 1.75. The summed E-state index contributed by atoms with van der Waals surface area (Å²) in [6.07, 6.45) is 2.76. The Morgan fingerprint density at radius 2 is 1.90 bits per heavy atom. The molecule has 116 valence electrons. The largest absolute Gasteiger partial charge is 0.349 e. The average Bonchev–Trinajstić information content (AvgIpc) is 2.70. The third-order valence-corrected chi connectivity index (χ3v) is 4.51. The van der Waals surface area contributed by atoms with Crippen LogP contribution in [0.15, 0.2) is 17.2 Å². The molecule has 0 bridgehead atoms. The summed E-state index contributed by atoms with van der Waals surface area (Å²) in [6.45, 7) is 12.0. The van der Waals surface area contributed by atoms with Crippen molar-refractivity contribution in [1.29, 1.82) is 0 Å². The summed E-state index contributed by atoms with van der Waals surface area (Å²) in [5.41, 5.74) is 0.517. The molecule has 0 atom stereocenters. The van der Waals surface area contributed by atoms with Gasteiger partial charge in [-0.05, 0) is 46.7 Å². The summed E-state index contributed by atoms with van der Waals surface area (Å²) >= 11 is 0. The molecule has 0 aromatic carbocycles. The second kappa shape index (κ2) is 6.74. The van der Waals surface area contributed by atoms with Gasteiger partial charge in [-0.2, -0.15) is 0 Å². The lowest BCUT2D eigenvalue weighted by atomic mass is 10.1. The maximum Gasteiger partial charge on any atom is 0.242 e. The highest BCUT2D eigenvalue weighted by Crippen LogP contribution is 2.17. The molecule has 0 saturated carbocycles. The van der Waals surface area contributed by atoms with Crippen molar-refractivity contribution in [3.8, 4) is 0 Å². The van der Waals surface area contributed by atoms with E-state index in [-0.39, 0.29) is 0 Å². The zero-order valence-electron chi connectivity index (χ0n) is 13.2. The lowest BCUT2D eigenvalue weighted by molar-refractivity contribution is 0.491. The molecule has 0 fully saturated rings. The van der Waals surface area contributed by atoms with Crippen molar-refractivity contribution in [3.63, 3.8) is 0 Å². The average molecular weight is 301 g/mol. The lowest BCUT2D eigenvalue weighted by Crippen LogP contribution is -2.40. The van der Waals surface area contributed by atoms with Gasteiger partial charge in [0.1, 0.15) is 0 Å². The van der Waals surface area contributed by atoms with E-state index in [4.69, 9.17) is 0 Å². The molecule has 0 aliphatic heterocycles. The number of nitrogens with one attached hydrogen (secondary N) is 2. The van der Waals surface area contributed by atoms with Crippen LogP contribution in [0.1, 0.15) is 46.7 Å². The number of aryl methyl sites for hydroxylation is 1. The number of hydrogen-bond donors (Lipinski definition) is 2. The third kappa shape index (κ3) is 4.92. The van der Waals surface area contributed by atoms with Crippen molar-refractivity contribution < 1.29 is 8.42 Å². The Hall–Kier alpha value is -0.850. The van der Waals surface area contributed by atoms with Gasteiger partial charge < -0.3 is 9.88 Å². The molecule has 0 amide bonds. The molecule has 1 aromatic heterocycles. The molecule has 0 saturated heterocycles. The Bertz CT molecular complexity index is 527. The normalized spacial score (nSPS) is 12.8. The van der Waals surface area contributed by atoms with Crippen LogP contribution in [0.25, 0.3) is 0 Å². The van der Waals surface area contributed by atoms with Crippen LogP contribution in [0.5, 0.6) is 0 Å². The first kappa shape index (κ1) is 17.2. The van der Waals surface area contributed by atoms with Gasteiger partial charge in [-0.15, -0.1) is 0 Å². The van der Waals surface area contributed by atoms with Crippen LogP contribution in [-0.2, 0) is 23.1 Å². The van der Waals surface area contributed by atoms with Crippen LogP contribution in [0.3, 0.4) is 0 Å². The first-order valence-corrected chi connectivity index (χ1v) is 8.61. The van der Waals surface area contributed by atoms with E-state index in [0.717, 1.165) is 25.2 Å². The molecule has 0 radical (unpaired) electrons. The number of rotatable bonds is 7. The Balaban J connectivity index is 2.96. The second-order valence-corrected chi connectivity index (χ2v) is 7.67. The topological polar surface area (TPSA) is 63.1 Å². The van der Waals surface area contributed by atoms with Crippen molar-refractivity contribution >= 4 is 10.0 Å². The highest BCUT2D eigenvalue weighted by atomic mass is 32.2. The van der Waals surface area contributed by atoms with Crippen LogP contribution in [-0.4, -0.2) is 25.1 Å². The van der Waals surface area contributed by atoms with E-state index in [0.29, 0.717) is 11.4 Å². The van der Waals surface area contributed by atoms with Gasteiger partial charge in [-0.25, -0.2) is 13.1 Å². The van der Waals surface area contributed by atoms with Crippen LogP contribution in [0.4, 0.5) is 0 Å². The number of aromatic nitrogens is 1. The minimum Gasteiger partial charge on any atom is -0.349 e. The fraction of sp³-hybridized carbons (Fsp3) is 0.714. The van der Waals surface area contributed by atoms with Crippen LogP contribution >= 0.6 is 0 Å². The summed E-state index contributed by atoms with van der Waals surface area (Å²) in [5.74, 6) is 0. The van der Waals surface area contributed by atoms with Gasteiger partial charge >= 0.3 is 0 Å². The molecule has 0 aliphatic carbocycles. The zero-order valence-corrected chi connectivity index (χ0v) is 14.0. The SMILES string of the molecule is CCCNCc1cc(S(=O)(=O)NC(C)(C)C)cn1CC. The third-order valence-electron chi connectivity index (χ3n) is 2.79. The fourth-order valence-corrected chi connectivity index (χ4v) is 3.45. The minimum atomic E-state index is -3.46. The molecule has 0 unspecified atom stereocenters. The molecular formula is C14H27N3O2S. The molecule has 2 N–H and O–H groups in total. The zero-order chi connectivity index (χ0) is 15.4. The molecule has 1 heterocycles. The van der Waals surface area contributed by atoms with Crippen molar-refractivity contribution in [1.82, 2.24) is 14.6 Å². The Kier molecular flexibility index (Phi) is 5.79. The first-order chi connectivity index (χ1) is 9.19. The molecule has 1 aromatic rings. The highest BCUT2D eigenvalue weighted by Gasteiger charge is 2.23. The van der Waals surface area contributed by atoms with Crippen molar-refractivity contribution in [2.75, 3.05) is 6.54 Å². The Morgan fingerprint density at radius 3 is 2.40 bits per heavy atom. The van der Waals surface area contributed by atoms with Crippen LogP contribution in [0, 0.1) is 0 Å². The number of hydrogen-bond acceptors (Lipinski definition) is 3. The Morgan fingerprint density at radius 1 is 1.25 bits per heavy atom. The van der Waals surface area contributed by atoms with Gasteiger partial charge in [0.05, 0.1) is 4.90 Å². The van der Waals surface area contributed by atoms with Gasteiger partial charge in [0.25, 0.3) is 0 Å². The maximum absolute atomic E-state index is 12.3. The second-order valence-electron chi connectivity index (χ2n) is 5.99. The first-order valence-electron chi connectivity index (χ1n) is 7.13. The standard InChI is InChI=1S/C14H27N3O2S/c1-6-8-15-10-12-9-13(11-17(12)7-2)20(18,19)16-14(3,4)5/h9,11,15-16H,6-8,10H2,1-5H3. The van der Waals surface area contributed by atoms with Crippen LogP contribution in [0.2, 0.25) is 0 Å². The summed E-state index contributed by atoms with van der Waals surface area (Å²) in [5, 5.41) is 3.30. The molecular weight excluding hydrogens is 274 g/mol. The van der Waals surface area contributed by atoms with E-state index >= 15 is 0 Å². The summed E-state index contributed by atoms with van der Waals surface area (Å²) in [4.78, 5) is 0.336. The molecule has 1 rings (SSSR count). The van der Waals surface area contributed by atoms with Gasteiger partial charge in [0, 0.05) is 30.5 Å². The number of nitrogens with zero attached hydrogens (tertiary/aromatic N) is 1. The van der Waals surface area contributed by atoms with Crippen molar-refractivity contribution in [2.24, 2.45) is 0 Å². The minimum absolute atomic E-state index is 0.336. The van der Waals surface area contributed by atoms with E-state index in [2.05, 4.69) is 17.0 Å². The molecule has 20 heavy (non-hydrogen) atoms. The Labute approximate surface area is 122 Å². The van der Waals surface area contributed by atoms with E-state index in [1.54, 1.807) is 12.3 Å². The van der Waals surface area contributed by atoms with Crippen LogP contribution < -0.4 is 10.0 Å². The predicted molar refractivity (Wildman–Crippen MR) is 82.2 cm³/mol. The van der Waals surface area contributed by atoms with E-state index in [1.165, 1.54) is 0 Å². The van der Waals surface area contributed by atoms with Gasteiger partial charge in [-0.3, -0.25) is 0 Å². The maximum atomic E-state index is 12.3. The highest BCUT2D eigenvalue weighted by molar-refractivity contribution is 7.89. The van der Waals surface area contributed by atoms with Gasteiger partial charge in [-0.1, -0.05) is 6.92 Å². The van der Waals surface area contributed by atoms with E-state index in [1.807, 2.05) is 32.3 Å². The van der Waals surface area contributed by atoms with Gasteiger partial charge in [0.2, 0.25) is 10.0 Å². The molecule has 6 heteroatoms. The molecule has 0 aliphatic rings. The number of sulfonamides is 1. The summed E-state index contributed by atoms with van der Waals surface area (Å²) < 4.78 is 29.3. The fourth-order valence-electron chi connectivity index (χ4n) is 1.97. The van der Waals surface area contributed by atoms with E-state index < -0.39 is 15.6 Å². The summed E-state index contributed by atoms with van der Waals surface area (Å²) in [7, 11) is -3.46. The van der Waals surface area contributed by atoms with Crippen molar-refractivity contribution in [3.05, 3.63) is 18.0 Å². The molecule has 5 nitrogen and oxygen atoms in total. The smallest absolute Gasteiger partial charge is 0.242 e. The predicted octanol–water partition coefficient (Wildman–Crippen LogP) is 2.08. The molecule has 0 spiro atoms. The monoisotopic (exact) mass is 301 g/mol.